The molecule has 0 aromatic carbocycles. The van der Waals surface area contributed by atoms with Crippen LogP contribution < -0.4 is 121 Å². The van der Waals surface area contributed by atoms with Gasteiger partial charge in [0.2, 0.25) is 76.8 Å². The topological polar surface area (TPSA) is 801 Å². The largest absolute Gasteiger partial charge is 0.382 e. The number of hydrogen-bond acceptors (Lipinski definition) is 34. The molecule has 13 amide bonds. The average Bonchev–Trinajstić information content (AvgIpc) is 1.66. The van der Waals surface area contributed by atoms with Crippen molar-refractivity contribution in [1.82, 2.24) is 142 Å². The van der Waals surface area contributed by atoms with Crippen LogP contribution in [-0.4, -0.2) is 236 Å². The van der Waals surface area contributed by atoms with Crippen molar-refractivity contribution in [2.75, 3.05) is 55.7 Å². The Morgan fingerprint density at radius 3 is 0.824 bits per heavy atom. The maximum absolute atomic E-state index is 15.0. The summed E-state index contributed by atoms with van der Waals surface area (Å²) in [6.45, 7) is 1.50. The van der Waals surface area contributed by atoms with Gasteiger partial charge in [0.25, 0.3) is 0 Å². The first-order chi connectivity index (χ1) is 68.6. The summed E-state index contributed by atoms with van der Waals surface area (Å²) >= 11 is 0. The van der Waals surface area contributed by atoms with Crippen molar-refractivity contribution in [3.63, 3.8) is 0 Å². The number of unbranched alkanes of at least 4 members (excludes halogenated alkanes) is 4. The summed E-state index contributed by atoms with van der Waals surface area (Å²) in [5.41, 5.74) is 62.0. The number of primary amides is 1. The van der Waals surface area contributed by atoms with E-state index >= 15 is 4.79 Å². The highest BCUT2D eigenvalue weighted by molar-refractivity contribution is 5.91. The van der Waals surface area contributed by atoms with Crippen molar-refractivity contribution in [3.05, 3.63) is 50.6 Å². The number of nitrogens with one attached hydrogen (secondary N) is 12. The molecule has 0 spiro atoms. The predicted molar refractivity (Wildman–Crippen MR) is 522 cm³/mol. The highest BCUT2D eigenvalue weighted by Gasteiger charge is 2.41. The standard InChI is InChI=1S/C91H140N38O13/c92-30-13-9-17-51(96)35-68(131)122-64(126-47-111-76-80(98)103-43-107-84(76)126)39-73(136)119-60-26-6-2-22-56(60)89(140)115-53(19-11-15-32-94)37-70(133)124-66(128-49-113-78-82(100)105-45-109-86(78)128)41-75(138)121-62-28-8-4-24-58(62)91(142)117-54(20-12-16-33-95)38-71(134)125-67(129-50-114-79-83(101)106-46-110-87(79)129)42-74(137)120-61-27-7-3-23-57(61)90(141)116-52(18-10-14-31-93)36-69(132)123-65(127-48-112-77-81(99)104-44-108-85(77)127)40-72(135)118-59-25-5-1-21-55(59)88(139)102-34-29-63(97)130/h43-62,64-67H,1-42,92-96H2,(H2,97,130)(H,102,139)(H,115,140)(H,116,141)(H,117,142)(H,118,135)(H,119,136)(H,120,137)(H,121,138)(H,122,131)(H,123,132)(H,124,133)(H,125,134)(H2,98,103,107)(H2,99,104,108)(H2,100,105,109)(H2,101,106,110)/t51-,52-,53-,54-,55-,56-,57-,58-,59-,60-,61-,62-,64+,65+,66+,67+/m1/s1. The van der Waals surface area contributed by atoms with Crippen LogP contribution in [0.2, 0.25) is 0 Å². The lowest BCUT2D eigenvalue weighted by Crippen LogP contribution is -2.52. The van der Waals surface area contributed by atoms with Crippen LogP contribution in [0.1, 0.15) is 262 Å². The molecule has 8 heterocycles. The van der Waals surface area contributed by atoms with Gasteiger partial charge in [-0.25, -0.2) is 59.8 Å². The monoisotopic (exact) mass is 1970 g/mol. The molecule has 8 aromatic heterocycles. The van der Waals surface area contributed by atoms with Crippen LogP contribution >= 0.6 is 0 Å². The Kier molecular flexibility index (Phi) is 40.2. The van der Waals surface area contributed by atoms with E-state index in [2.05, 4.69) is 124 Å². The summed E-state index contributed by atoms with van der Waals surface area (Å²) < 4.78 is 5.99. The molecule has 0 aliphatic heterocycles. The van der Waals surface area contributed by atoms with Crippen molar-refractivity contribution < 1.29 is 62.3 Å². The van der Waals surface area contributed by atoms with Gasteiger partial charge in [-0.15, -0.1) is 0 Å². The highest BCUT2D eigenvalue weighted by Crippen LogP contribution is 2.34. The number of anilines is 4. The lowest BCUT2D eigenvalue weighted by molar-refractivity contribution is -0.132. The van der Waals surface area contributed by atoms with E-state index in [1.54, 1.807) is 0 Å². The molecule has 4 aliphatic carbocycles. The minimum absolute atomic E-state index is 0.0248. The molecule has 16 atom stereocenters. The normalized spacial score (nSPS) is 19.9. The Hall–Kier alpha value is -13.7. The number of nitrogens with zero attached hydrogens (tertiary/aromatic N) is 16. The minimum atomic E-state index is -1.20. The van der Waals surface area contributed by atoms with Crippen molar-refractivity contribution in [3.8, 4) is 0 Å². The maximum Gasteiger partial charge on any atom is 0.225 e. The highest BCUT2D eigenvalue weighted by atomic mass is 16.2. The van der Waals surface area contributed by atoms with Crippen LogP contribution in [0.5, 0.6) is 0 Å². The smallest absolute Gasteiger partial charge is 0.225 e. The summed E-state index contributed by atoms with van der Waals surface area (Å²) in [5, 5.41) is 36.4. The third-order valence-corrected chi connectivity index (χ3v) is 27.0. The molecular weight excluding hydrogens is 1830 g/mol. The number of fused-ring (bicyclic) bond motifs is 4. The summed E-state index contributed by atoms with van der Waals surface area (Å²) in [6, 6.07) is -5.52. The molecule has 4 fully saturated rings. The second kappa shape index (κ2) is 53.2. The number of aromatic nitrogens is 16. The average molecular weight is 1970 g/mol. The second-order valence-electron chi connectivity index (χ2n) is 37.6. The number of nitrogen functional groups attached to an aromatic ring is 4. The van der Waals surface area contributed by atoms with Crippen molar-refractivity contribution >= 4 is 145 Å². The van der Waals surface area contributed by atoms with Gasteiger partial charge in [-0.1, -0.05) is 77.0 Å². The molecule has 8 aromatic rings. The van der Waals surface area contributed by atoms with Crippen LogP contribution in [0.25, 0.3) is 44.7 Å². The van der Waals surface area contributed by atoms with Gasteiger partial charge in [0.1, 0.15) is 72.0 Å². The van der Waals surface area contributed by atoms with Gasteiger partial charge in [0.05, 0.1) is 74.7 Å². The van der Waals surface area contributed by atoms with Crippen LogP contribution in [0, 0.1) is 23.7 Å². The van der Waals surface area contributed by atoms with E-state index < -0.39 is 180 Å². The number of hydrogen-bond donors (Lipinski definition) is 22. The summed E-state index contributed by atoms with van der Waals surface area (Å²) in [5.74, 6) is -9.14. The summed E-state index contributed by atoms with van der Waals surface area (Å²) in [7, 11) is 0. The van der Waals surface area contributed by atoms with Gasteiger partial charge >= 0.3 is 0 Å². The lowest BCUT2D eigenvalue weighted by atomic mass is 9.83. The first-order valence-corrected chi connectivity index (χ1v) is 49.7. The van der Waals surface area contributed by atoms with E-state index in [9.17, 15) is 57.5 Å². The Balaban J connectivity index is 0.689. The molecule has 772 valence electrons. The zero-order valence-corrected chi connectivity index (χ0v) is 80.3. The molecule has 0 bridgehead atoms. The van der Waals surface area contributed by atoms with Crippen LogP contribution in [-0.2, 0) is 62.3 Å². The molecule has 0 radical (unpaired) electrons. The van der Waals surface area contributed by atoms with E-state index in [0.29, 0.717) is 174 Å². The van der Waals surface area contributed by atoms with Crippen molar-refractivity contribution in [1.29, 1.82) is 0 Å². The van der Waals surface area contributed by atoms with Crippen LogP contribution in [0.15, 0.2) is 50.6 Å². The zero-order chi connectivity index (χ0) is 101. The molecular formula is C91H140N38O13. The molecule has 51 nitrogen and oxygen atoms in total. The summed E-state index contributed by atoms with van der Waals surface area (Å²) in [4.78, 5) is 237. The number of imidazole rings is 4. The van der Waals surface area contributed by atoms with E-state index in [4.69, 9.17) is 57.3 Å². The quantitative estimate of drug-likeness (QED) is 0.0208. The fraction of sp³-hybridized carbons (Fsp3) is 0.637. The van der Waals surface area contributed by atoms with Gasteiger partial charge in [-0.2, -0.15) is 0 Å². The molecule has 4 aliphatic rings. The third-order valence-electron chi connectivity index (χ3n) is 27.0. The van der Waals surface area contributed by atoms with Crippen molar-refractivity contribution in [2.24, 2.45) is 58.1 Å². The molecule has 4 saturated carbocycles. The van der Waals surface area contributed by atoms with Gasteiger partial charge < -0.3 is 121 Å². The van der Waals surface area contributed by atoms with Crippen LogP contribution in [0.3, 0.4) is 0 Å². The number of carbonyl (C=O) groups is 13. The van der Waals surface area contributed by atoms with Crippen molar-refractivity contribution in [2.45, 2.75) is 311 Å². The molecule has 0 unspecified atom stereocenters. The van der Waals surface area contributed by atoms with Gasteiger partial charge in [0, 0.05) is 87.0 Å². The van der Waals surface area contributed by atoms with E-state index in [0.717, 1.165) is 25.7 Å². The maximum atomic E-state index is 15.0. The lowest BCUT2D eigenvalue weighted by Gasteiger charge is -2.33. The minimum Gasteiger partial charge on any atom is -0.382 e. The SMILES string of the molecule is NCCCC[C@@H](N)CC(=O)N[C@H](CC(=O)N[C@@H]1CCCC[C@H]1C(=O)N[C@H](CCCCN)CC(=O)N[C@H](CC(=O)N[C@@H]1CCCC[C@H]1C(=O)N[C@H](CCCCN)CC(=O)N[C@H](CC(=O)N[C@@H]1CCCC[C@H]1C(=O)N[C@H](CCCCN)CC(=O)N[C@H](CC(=O)N[C@@H]1CCCC[C@H]1C(=O)NCCC(N)=O)n1cnc2c(N)ncnc21)n1cnc2c(N)ncnc21)n1cnc2c(N)ncnc21)n1cnc2c(N)ncnc21. The number of amides is 13. The zero-order valence-electron chi connectivity index (χ0n) is 80.3. The Morgan fingerprint density at radius 1 is 0.303 bits per heavy atom. The fourth-order valence-corrected chi connectivity index (χ4v) is 19.7. The number of carbonyl (C=O) groups excluding carboxylic acids is 13. The number of rotatable bonds is 54. The first-order valence-electron chi connectivity index (χ1n) is 49.7. The molecule has 51 heteroatoms. The Labute approximate surface area is 820 Å². The van der Waals surface area contributed by atoms with Gasteiger partial charge in [-0.05, 0) is 129 Å². The second-order valence-corrected chi connectivity index (χ2v) is 37.6. The summed E-state index contributed by atoms with van der Waals surface area (Å²) in [6.07, 6.45) is 18.4. The van der Waals surface area contributed by atoms with Crippen LogP contribution in [0.4, 0.5) is 23.3 Å². The molecule has 142 heavy (non-hydrogen) atoms. The third kappa shape index (κ3) is 30.2. The van der Waals surface area contributed by atoms with E-state index in [-0.39, 0.29) is 132 Å². The van der Waals surface area contributed by atoms with E-state index in [1.807, 2.05) is 0 Å². The predicted octanol–water partition coefficient (Wildman–Crippen LogP) is -0.756. The molecule has 0 saturated heterocycles. The van der Waals surface area contributed by atoms with E-state index in [1.165, 1.54) is 68.9 Å². The molecule has 32 N–H and O–H groups in total. The fourth-order valence-electron chi connectivity index (χ4n) is 19.7. The Bertz CT molecular complexity index is 5630. The van der Waals surface area contributed by atoms with Gasteiger partial charge in [-0.3, -0.25) is 80.6 Å². The number of nitrogens with two attached hydrogens (primary N) is 10. The first kappa shape index (κ1) is 107. The Morgan fingerprint density at radius 2 is 0.556 bits per heavy atom. The van der Waals surface area contributed by atoms with Gasteiger partial charge in [0.15, 0.2) is 45.9 Å². The molecule has 12 rings (SSSR count).